The predicted octanol–water partition coefficient (Wildman–Crippen LogP) is 4.90. The van der Waals surface area contributed by atoms with E-state index < -0.39 is 5.60 Å². The van der Waals surface area contributed by atoms with Gasteiger partial charge >= 0.3 is 11.9 Å². The first kappa shape index (κ1) is 20.8. The third-order valence-electron chi connectivity index (χ3n) is 9.01. The first-order valence-corrected chi connectivity index (χ1v) is 11.7. The maximum atomic E-state index is 12.0. The molecule has 8 unspecified atom stereocenters. The number of hydrogen-bond donors (Lipinski definition) is 0. The fraction of sp³-hybridized carbons (Fsp3) is 0.840. The Labute approximate surface area is 175 Å². The zero-order valence-corrected chi connectivity index (χ0v) is 18.2. The van der Waals surface area contributed by atoms with Gasteiger partial charge in [-0.1, -0.05) is 26.7 Å². The van der Waals surface area contributed by atoms with Crippen LogP contribution in [0, 0.1) is 47.3 Å². The normalized spacial score (nSPS) is 45.4. The number of ether oxygens (including phenoxy) is 2. The molecule has 4 aliphatic rings. The van der Waals surface area contributed by atoms with Crippen LogP contribution in [0.1, 0.15) is 85.0 Å². The van der Waals surface area contributed by atoms with E-state index >= 15 is 0 Å². The van der Waals surface area contributed by atoms with E-state index in [1.165, 1.54) is 25.7 Å². The predicted molar refractivity (Wildman–Crippen MR) is 111 cm³/mol. The zero-order chi connectivity index (χ0) is 20.8. The van der Waals surface area contributed by atoms with Gasteiger partial charge in [-0.05, 0) is 68.1 Å². The van der Waals surface area contributed by atoms with Gasteiger partial charge < -0.3 is 9.47 Å². The van der Waals surface area contributed by atoms with Crippen molar-refractivity contribution >= 4 is 11.9 Å². The summed E-state index contributed by atoms with van der Waals surface area (Å²) in [5.41, 5.74) is -0.567. The smallest absolute Gasteiger partial charge is 0.307 e. The van der Waals surface area contributed by atoms with Crippen LogP contribution >= 0.6 is 0 Å². The lowest BCUT2D eigenvalue weighted by molar-refractivity contribution is -0.159. The molecule has 0 aromatic heterocycles. The van der Waals surface area contributed by atoms with Crippen LogP contribution < -0.4 is 0 Å². The van der Waals surface area contributed by atoms with Crippen molar-refractivity contribution in [3.63, 3.8) is 0 Å². The summed E-state index contributed by atoms with van der Waals surface area (Å²) in [4.78, 5) is 24.0. The molecule has 4 aliphatic carbocycles. The molecule has 0 aromatic rings. The summed E-state index contributed by atoms with van der Waals surface area (Å²) < 4.78 is 11.7. The van der Waals surface area contributed by atoms with Gasteiger partial charge in [0.25, 0.3) is 0 Å². The topological polar surface area (TPSA) is 52.6 Å². The molecule has 4 fully saturated rings. The number of fused-ring (bicyclic) bond motifs is 5. The van der Waals surface area contributed by atoms with Crippen LogP contribution in [0.2, 0.25) is 0 Å². The van der Waals surface area contributed by atoms with E-state index in [0.717, 1.165) is 25.7 Å². The fourth-order valence-corrected chi connectivity index (χ4v) is 7.60. The molecule has 160 valence electrons. The van der Waals surface area contributed by atoms with Gasteiger partial charge in [0.15, 0.2) is 5.60 Å². The van der Waals surface area contributed by atoms with E-state index in [9.17, 15) is 9.59 Å². The van der Waals surface area contributed by atoms with Gasteiger partial charge in [0, 0.05) is 31.1 Å². The highest BCUT2D eigenvalue weighted by molar-refractivity contribution is 5.70. The Morgan fingerprint density at radius 3 is 2.41 bits per heavy atom. The second kappa shape index (κ2) is 7.64. The largest absolute Gasteiger partial charge is 0.462 e. The minimum atomic E-state index is -0.688. The lowest BCUT2D eigenvalue weighted by Crippen LogP contribution is -2.48. The summed E-state index contributed by atoms with van der Waals surface area (Å²) >= 11 is 0. The Morgan fingerprint density at radius 1 is 0.966 bits per heavy atom. The fourth-order valence-electron chi connectivity index (χ4n) is 7.60. The monoisotopic (exact) mass is 400 g/mol. The van der Waals surface area contributed by atoms with E-state index in [1.54, 1.807) is 0 Å². The second-order valence-electron chi connectivity index (χ2n) is 10.3. The van der Waals surface area contributed by atoms with E-state index in [2.05, 4.69) is 12.8 Å². The van der Waals surface area contributed by atoms with E-state index in [4.69, 9.17) is 15.9 Å². The molecule has 29 heavy (non-hydrogen) atoms. The highest BCUT2D eigenvalue weighted by Gasteiger charge is 2.60. The average Bonchev–Trinajstić information content (AvgIpc) is 3.25. The van der Waals surface area contributed by atoms with Crippen molar-refractivity contribution in [1.29, 1.82) is 0 Å². The molecule has 4 saturated carbocycles. The van der Waals surface area contributed by atoms with Crippen LogP contribution in [0.5, 0.6) is 0 Å². The molecule has 0 saturated heterocycles. The molecule has 8 atom stereocenters. The first-order valence-electron chi connectivity index (χ1n) is 11.7. The van der Waals surface area contributed by atoms with Crippen LogP contribution in [0.25, 0.3) is 0 Å². The van der Waals surface area contributed by atoms with Crippen molar-refractivity contribution < 1.29 is 19.1 Å². The molecule has 4 nitrogen and oxygen atoms in total. The third kappa shape index (κ3) is 3.39. The highest BCUT2D eigenvalue weighted by Crippen LogP contribution is 2.64. The minimum absolute atomic E-state index is 0.0601. The molecular weight excluding hydrogens is 364 g/mol. The van der Waals surface area contributed by atoms with E-state index in [-0.39, 0.29) is 23.5 Å². The van der Waals surface area contributed by atoms with Gasteiger partial charge in [0.2, 0.25) is 0 Å². The molecule has 0 amide bonds. The Morgan fingerprint density at radius 2 is 1.72 bits per heavy atom. The number of carbonyl (C=O) groups excluding carboxylic acids is 2. The second-order valence-corrected chi connectivity index (χ2v) is 10.3. The SMILES string of the molecule is C#CC1(OC(=O)CC)CC2CCC3C(CCC4(C)C(OC(=O)CC)CCC34)C2C1. The number of terminal acetylenes is 1. The molecular formula is C25H36O4. The van der Waals surface area contributed by atoms with Crippen LogP contribution in [0.4, 0.5) is 0 Å². The summed E-state index contributed by atoms with van der Waals surface area (Å²) in [6.45, 7) is 6.07. The van der Waals surface area contributed by atoms with E-state index in [0.29, 0.717) is 42.4 Å². The lowest BCUT2D eigenvalue weighted by Gasteiger charge is -2.53. The van der Waals surface area contributed by atoms with Crippen LogP contribution in [0.15, 0.2) is 0 Å². The van der Waals surface area contributed by atoms with Crippen molar-refractivity contribution in [3.8, 4) is 12.3 Å². The van der Waals surface area contributed by atoms with Crippen molar-refractivity contribution in [2.75, 3.05) is 0 Å². The average molecular weight is 401 g/mol. The molecule has 0 N–H and O–H groups in total. The first-order chi connectivity index (χ1) is 13.9. The highest BCUT2D eigenvalue weighted by atomic mass is 16.6. The van der Waals surface area contributed by atoms with Crippen LogP contribution in [0.3, 0.4) is 0 Å². The molecule has 0 radical (unpaired) electrons. The number of rotatable bonds is 4. The van der Waals surface area contributed by atoms with Gasteiger partial charge in [-0.15, -0.1) is 6.42 Å². The van der Waals surface area contributed by atoms with Gasteiger partial charge in [-0.3, -0.25) is 9.59 Å². The Kier molecular flexibility index (Phi) is 5.47. The maximum absolute atomic E-state index is 12.0. The Hall–Kier alpha value is -1.50. The molecule has 0 heterocycles. The Bertz CT molecular complexity index is 708. The standard InChI is InChI=1S/C25H36O4/c1-5-22(26)28-21-11-10-20-18-9-8-16-14-25(7-3,29-23(27)6-2)15-19(16)17(18)12-13-24(20,21)4/h3,16-21H,5-6,8-15H2,1-2,4H3. The van der Waals surface area contributed by atoms with Crippen LogP contribution in [-0.2, 0) is 19.1 Å². The zero-order valence-electron chi connectivity index (χ0n) is 18.2. The summed E-state index contributed by atoms with van der Waals surface area (Å²) in [6.07, 6.45) is 15.4. The summed E-state index contributed by atoms with van der Waals surface area (Å²) in [6, 6.07) is 0. The number of esters is 2. The molecule has 0 bridgehead atoms. The maximum Gasteiger partial charge on any atom is 0.307 e. The van der Waals surface area contributed by atoms with Crippen molar-refractivity contribution in [2.24, 2.45) is 35.0 Å². The van der Waals surface area contributed by atoms with Crippen molar-refractivity contribution in [2.45, 2.75) is 96.7 Å². The third-order valence-corrected chi connectivity index (χ3v) is 9.01. The van der Waals surface area contributed by atoms with Gasteiger partial charge in [-0.25, -0.2) is 0 Å². The lowest BCUT2D eigenvalue weighted by atomic mass is 9.52. The van der Waals surface area contributed by atoms with Crippen LogP contribution in [-0.4, -0.2) is 23.6 Å². The number of hydrogen-bond acceptors (Lipinski definition) is 4. The van der Waals surface area contributed by atoms with Gasteiger partial charge in [-0.2, -0.15) is 0 Å². The molecule has 0 aromatic carbocycles. The van der Waals surface area contributed by atoms with Gasteiger partial charge in [0.1, 0.15) is 6.10 Å². The molecule has 0 aliphatic heterocycles. The van der Waals surface area contributed by atoms with Crippen molar-refractivity contribution in [3.05, 3.63) is 0 Å². The summed E-state index contributed by atoms with van der Waals surface area (Å²) in [5.74, 6) is 5.79. The summed E-state index contributed by atoms with van der Waals surface area (Å²) in [7, 11) is 0. The Balaban J connectivity index is 1.51. The molecule has 0 spiro atoms. The van der Waals surface area contributed by atoms with Gasteiger partial charge in [0.05, 0.1) is 0 Å². The molecule has 4 heteroatoms. The number of carbonyl (C=O) groups is 2. The minimum Gasteiger partial charge on any atom is -0.462 e. The summed E-state index contributed by atoms with van der Waals surface area (Å²) in [5, 5.41) is 0. The quantitative estimate of drug-likeness (QED) is 0.498. The van der Waals surface area contributed by atoms with E-state index in [1.807, 2.05) is 13.8 Å². The molecule has 4 rings (SSSR count). The van der Waals surface area contributed by atoms with Crippen molar-refractivity contribution in [1.82, 2.24) is 0 Å².